The maximum Gasteiger partial charge on any atom is 0.340 e. The number of rotatable bonds is 7. The van der Waals surface area contributed by atoms with E-state index < -0.39 is 5.97 Å². The monoisotopic (exact) mass is 295 g/mol. The molecule has 0 atom stereocenters. The molecule has 0 aliphatic rings. The molecule has 0 heterocycles. The number of amides is 1. The highest BCUT2D eigenvalue weighted by atomic mass is 16.5. The predicted molar refractivity (Wildman–Crippen MR) is 80.3 cm³/mol. The van der Waals surface area contributed by atoms with E-state index in [0.717, 1.165) is 0 Å². The maximum atomic E-state index is 11.7. The van der Waals surface area contributed by atoms with Crippen molar-refractivity contribution in [1.82, 2.24) is 5.32 Å². The predicted octanol–water partition coefficient (Wildman–Crippen LogP) is 0.254. The largest absolute Gasteiger partial charge is 0.465 e. The number of esters is 1. The van der Waals surface area contributed by atoms with Gasteiger partial charge in [0.1, 0.15) is 0 Å². The number of anilines is 2. The van der Waals surface area contributed by atoms with Crippen LogP contribution in [0.5, 0.6) is 0 Å². The quantitative estimate of drug-likeness (QED) is 0.425. The van der Waals surface area contributed by atoms with Gasteiger partial charge in [-0.15, -0.1) is 0 Å². The summed E-state index contributed by atoms with van der Waals surface area (Å²) in [5, 5.41) is 2.71. The van der Waals surface area contributed by atoms with Crippen LogP contribution in [0.4, 0.5) is 11.4 Å². The van der Waals surface area contributed by atoms with Gasteiger partial charge in [0.25, 0.3) is 0 Å². The number of nitrogens with zero attached hydrogens (tertiary/aromatic N) is 1. The van der Waals surface area contributed by atoms with Crippen molar-refractivity contribution in [3.05, 3.63) is 23.8 Å². The Morgan fingerprint density at radius 1 is 1.33 bits per heavy atom. The zero-order valence-electron chi connectivity index (χ0n) is 12.5. The van der Waals surface area contributed by atoms with E-state index in [-0.39, 0.29) is 23.7 Å². The third-order valence-corrected chi connectivity index (χ3v) is 2.91. The van der Waals surface area contributed by atoms with E-state index in [1.54, 1.807) is 37.3 Å². The van der Waals surface area contributed by atoms with Gasteiger partial charge >= 0.3 is 5.97 Å². The van der Waals surface area contributed by atoms with Crippen molar-refractivity contribution in [2.24, 2.45) is 0 Å². The zero-order valence-corrected chi connectivity index (χ0v) is 12.5. The van der Waals surface area contributed by atoms with Gasteiger partial charge in [0, 0.05) is 20.7 Å². The van der Waals surface area contributed by atoms with Crippen LogP contribution in [0.2, 0.25) is 0 Å². The highest BCUT2D eigenvalue weighted by Gasteiger charge is 2.16. The Kier molecular flexibility index (Phi) is 6.48. The summed E-state index contributed by atoms with van der Waals surface area (Å²) >= 11 is 0. The fourth-order valence-corrected chi connectivity index (χ4v) is 1.82. The molecule has 21 heavy (non-hydrogen) atoms. The lowest BCUT2D eigenvalue weighted by Crippen LogP contribution is -2.37. The minimum Gasteiger partial charge on any atom is -0.465 e. The van der Waals surface area contributed by atoms with Gasteiger partial charge in [-0.2, -0.15) is 0 Å². The second kappa shape index (κ2) is 8.11. The van der Waals surface area contributed by atoms with Gasteiger partial charge in [0.05, 0.1) is 37.2 Å². The van der Waals surface area contributed by atoms with Gasteiger partial charge in [-0.1, -0.05) is 6.07 Å². The van der Waals surface area contributed by atoms with Crippen LogP contribution in [0.15, 0.2) is 18.2 Å². The topological polar surface area (TPSA) is 93.9 Å². The lowest BCUT2D eigenvalue weighted by molar-refractivity contribution is -0.119. The van der Waals surface area contributed by atoms with Crippen LogP contribution in [0.1, 0.15) is 10.4 Å². The lowest BCUT2D eigenvalue weighted by Gasteiger charge is -2.21. The smallest absolute Gasteiger partial charge is 0.340 e. The molecule has 0 aromatic heterocycles. The number of hydrogen-bond donors (Lipinski definition) is 2. The zero-order chi connectivity index (χ0) is 15.8. The van der Waals surface area contributed by atoms with E-state index >= 15 is 0 Å². The number of nitrogens with two attached hydrogens (primary N) is 1. The van der Waals surface area contributed by atoms with E-state index in [1.165, 1.54) is 7.11 Å². The summed E-state index contributed by atoms with van der Waals surface area (Å²) in [6, 6.07) is 5.01. The van der Waals surface area contributed by atoms with E-state index in [2.05, 4.69) is 10.1 Å². The van der Waals surface area contributed by atoms with E-state index in [9.17, 15) is 9.59 Å². The standard InChI is InChI=1S/C14H21N3O4/c1-17(9-12(18)16-7-8-20-2)11-6-4-5-10(13(11)15)14(19)21-3/h4-6H,7-9,15H2,1-3H3,(H,16,18). The maximum absolute atomic E-state index is 11.7. The Balaban J connectivity index is 2.76. The van der Waals surface area contributed by atoms with E-state index in [1.807, 2.05) is 0 Å². The molecule has 0 bridgehead atoms. The summed E-state index contributed by atoms with van der Waals surface area (Å²) in [6.07, 6.45) is 0. The second-order valence-electron chi connectivity index (χ2n) is 4.43. The summed E-state index contributed by atoms with van der Waals surface area (Å²) in [5.41, 5.74) is 7.13. The molecule has 1 aromatic rings. The average molecular weight is 295 g/mol. The first-order valence-corrected chi connectivity index (χ1v) is 6.44. The summed E-state index contributed by atoms with van der Waals surface area (Å²) in [5.74, 6) is -0.662. The van der Waals surface area contributed by atoms with Crippen LogP contribution in [0.3, 0.4) is 0 Å². The molecule has 0 aliphatic heterocycles. The fourth-order valence-electron chi connectivity index (χ4n) is 1.82. The van der Waals surface area contributed by atoms with Gasteiger partial charge in [0.2, 0.25) is 5.91 Å². The third-order valence-electron chi connectivity index (χ3n) is 2.91. The number of hydrogen-bond acceptors (Lipinski definition) is 6. The first-order valence-electron chi connectivity index (χ1n) is 6.44. The van der Waals surface area contributed by atoms with Gasteiger partial charge in [0.15, 0.2) is 0 Å². The first-order chi connectivity index (χ1) is 10.0. The summed E-state index contributed by atoms with van der Waals surface area (Å²) in [6.45, 7) is 1.02. The SMILES string of the molecule is COCCNC(=O)CN(C)c1cccc(C(=O)OC)c1N. The number of para-hydroxylation sites is 1. The molecule has 0 saturated carbocycles. The minimum absolute atomic E-state index is 0.124. The molecule has 0 unspecified atom stereocenters. The van der Waals surface area contributed by atoms with Crippen molar-refractivity contribution in [2.45, 2.75) is 0 Å². The van der Waals surface area contributed by atoms with Crippen molar-refractivity contribution >= 4 is 23.3 Å². The number of carbonyl (C=O) groups excluding carboxylic acids is 2. The molecule has 0 spiro atoms. The number of nitrogens with one attached hydrogen (secondary N) is 1. The van der Waals surface area contributed by atoms with Crippen LogP contribution >= 0.6 is 0 Å². The third kappa shape index (κ3) is 4.64. The Labute approximate surface area is 124 Å². The number of nitrogen functional groups attached to an aromatic ring is 1. The van der Waals surface area contributed by atoms with Gasteiger partial charge in [-0.25, -0.2) is 4.79 Å². The molecule has 3 N–H and O–H groups in total. The van der Waals surface area contributed by atoms with Crippen LogP contribution < -0.4 is 16.0 Å². The Bertz CT molecular complexity index is 505. The number of benzene rings is 1. The fraction of sp³-hybridized carbons (Fsp3) is 0.429. The molecule has 1 aromatic carbocycles. The minimum atomic E-state index is -0.507. The number of carbonyl (C=O) groups is 2. The Morgan fingerprint density at radius 2 is 2.05 bits per heavy atom. The molecule has 1 amide bonds. The van der Waals surface area contributed by atoms with Gasteiger partial charge in [-0.3, -0.25) is 4.79 Å². The average Bonchev–Trinajstić information content (AvgIpc) is 2.46. The van der Waals surface area contributed by atoms with Crippen LogP contribution in [0, 0.1) is 0 Å². The van der Waals surface area contributed by atoms with Crippen LogP contribution in [-0.4, -0.2) is 52.8 Å². The number of methoxy groups -OCH3 is 2. The molecule has 0 aliphatic carbocycles. The molecule has 0 fully saturated rings. The molecular weight excluding hydrogens is 274 g/mol. The van der Waals surface area contributed by atoms with E-state index in [4.69, 9.17) is 10.5 Å². The molecule has 7 heteroatoms. The van der Waals surface area contributed by atoms with Crippen molar-refractivity contribution in [2.75, 3.05) is 51.6 Å². The van der Waals surface area contributed by atoms with Crippen molar-refractivity contribution < 1.29 is 19.1 Å². The van der Waals surface area contributed by atoms with Gasteiger partial charge in [-0.05, 0) is 12.1 Å². The van der Waals surface area contributed by atoms with Gasteiger partial charge < -0.3 is 25.4 Å². The summed E-state index contributed by atoms with van der Waals surface area (Å²) in [7, 11) is 4.58. The highest BCUT2D eigenvalue weighted by molar-refractivity contribution is 5.98. The first kappa shape index (κ1) is 16.8. The van der Waals surface area contributed by atoms with Crippen LogP contribution in [-0.2, 0) is 14.3 Å². The Hall–Kier alpha value is -2.28. The van der Waals surface area contributed by atoms with Crippen molar-refractivity contribution in [3.63, 3.8) is 0 Å². The Morgan fingerprint density at radius 3 is 2.67 bits per heavy atom. The number of likely N-dealkylation sites (N-methyl/N-ethyl adjacent to an activating group) is 1. The van der Waals surface area contributed by atoms with Crippen LogP contribution in [0.25, 0.3) is 0 Å². The second-order valence-corrected chi connectivity index (χ2v) is 4.43. The normalized spacial score (nSPS) is 10.0. The van der Waals surface area contributed by atoms with Crippen molar-refractivity contribution in [1.29, 1.82) is 0 Å². The van der Waals surface area contributed by atoms with E-state index in [0.29, 0.717) is 18.8 Å². The molecular formula is C14H21N3O4. The molecule has 0 radical (unpaired) electrons. The summed E-state index contributed by atoms with van der Waals surface area (Å²) in [4.78, 5) is 25.0. The molecule has 0 saturated heterocycles. The number of ether oxygens (including phenoxy) is 2. The van der Waals surface area contributed by atoms with Crippen molar-refractivity contribution in [3.8, 4) is 0 Å². The molecule has 116 valence electrons. The molecule has 1 rings (SSSR count). The lowest BCUT2D eigenvalue weighted by atomic mass is 10.1. The molecule has 7 nitrogen and oxygen atoms in total. The summed E-state index contributed by atoms with van der Waals surface area (Å²) < 4.78 is 9.52. The highest BCUT2D eigenvalue weighted by Crippen LogP contribution is 2.26.